The van der Waals surface area contributed by atoms with E-state index in [-0.39, 0.29) is 22.3 Å². The van der Waals surface area contributed by atoms with Gasteiger partial charge in [0.25, 0.3) is 0 Å². The van der Waals surface area contributed by atoms with Crippen LogP contribution >= 0.6 is 0 Å². The summed E-state index contributed by atoms with van der Waals surface area (Å²) in [5, 5.41) is 0.196. The van der Waals surface area contributed by atoms with E-state index in [9.17, 15) is 0 Å². The minimum atomic E-state index is -1.87. The van der Waals surface area contributed by atoms with Gasteiger partial charge in [0.15, 0.2) is 5.79 Å². The summed E-state index contributed by atoms with van der Waals surface area (Å²) in [6.07, 6.45) is 20.8. The maximum absolute atomic E-state index is 6.81. The van der Waals surface area contributed by atoms with Crippen molar-refractivity contribution in [3.8, 4) is 0 Å². The van der Waals surface area contributed by atoms with E-state index in [0.717, 1.165) is 64.2 Å². The van der Waals surface area contributed by atoms with E-state index in [1.54, 1.807) is 0 Å². The number of epoxide rings is 1. The van der Waals surface area contributed by atoms with Crippen molar-refractivity contribution < 1.29 is 18.6 Å². The topological polar surface area (TPSA) is 40.2 Å². The molecule has 248 valence electrons. The maximum Gasteiger partial charge on any atom is 0.250 e. The molecule has 0 aromatic heterocycles. The van der Waals surface area contributed by atoms with Crippen molar-refractivity contribution in [2.24, 2.45) is 0 Å². The molecule has 5 heteroatoms. The Balaban J connectivity index is 1.83. The minimum Gasteiger partial charge on any atom is -0.547 e. The molecule has 0 aliphatic carbocycles. The lowest BCUT2D eigenvalue weighted by Gasteiger charge is -2.37. The van der Waals surface area contributed by atoms with Crippen molar-refractivity contribution in [2.45, 2.75) is 195 Å². The average molecular weight is 617 g/mol. The highest BCUT2D eigenvalue weighted by molar-refractivity contribution is 6.74. The fourth-order valence-electron chi connectivity index (χ4n) is 5.63. The third kappa shape index (κ3) is 13.4. The molecular weight excluding hydrogens is 549 g/mol. The Morgan fingerprint density at radius 2 is 1.09 bits per heavy atom. The summed E-state index contributed by atoms with van der Waals surface area (Å²) in [7, 11) is -1.87. The van der Waals surface area contributed by atoms with Gasteiger partial charge in [0.2, 0.25) is 8.32 Å². The maximum atomic E-state index is 6.81. The molecule has 0 spiro atoms. The summed E-state index contributed by atoms with van der Waals surface area (Å²) in [6, 6.07) is 0. The molecule has 2 fully saturated rings. The van der Waals surface area contributed by atoms with Crippen LogP contribution in [0.3, 0.4) is 0 Å². The van der Waals surface area contributed by atoms with E-state index in [2.05, 4.69) is 107 Å². The zero-order chi connectivity index (χ0) is 32.7. The quantitative estimate of drug-likeness (QED) is 0.0536. The number of unbranched alkanes of at least 4 members (excludes halogenated alkanes) is 1. The molecule has 0 aromatic rings. The van der Waals surface area contributed by atoms with Crippen molar-refractivity contribution in [1.29, 1.82) is 0 Å². The number of ether oxygens (including phenoxy) is 3. The molecule has 43 heavy (non-hydrogen) atoms. The summed E-state index contributed by atoms with van der Waals surface area (Å²) >= 11 is 0. The van der Waals surface area contributed by atoms with E-state index in [4.69, 9.17) is 18.6 Å². The van der Waals surface area contributed by atoms with E-state index in [0.29, 0.717) is 6.10 Å². The Morgan fingerprint density at radius 3 is 1.56 bits per heavy atom. The van der Waals surface area contributed by atoms with Gasteiger partial charge in [-0.25, -0.2) is 0 Å². The largest absolute Gasteiger partial charge is 0.547 e. The second-order valence-corrected chi connectivity index (χ2v) is 21.1. The summed E-state index contributed by atoms with van der Waals surface area (Å²) in [5.74, 6) is 0.704. The molecule has 0 aromatic carbocycles. The number of rotatable bonds is 17. The van der Waals surface area contributed by atoms with Gasteiger partial charge in [-0.2, -0.15) is 0 Å². The Hall–Kier alpha value is -1.14. The van der Waals surface area contributed by atoms with Crippen LogP contribution in [0.4, 0.5) is 0 Å². The van der Waals surface area contributed by atoms with E-state index >= 15 is 0 Å². The zero-order valence-corrected chi connectivity index (χ0v) is 31.7. The molecule has 2 rings (SSSR count). The monoisotopic (exact) mass is 616 g/mol. The lowest BCUT2D eigenvalue weighted by molar-refractivity contribution is -0.157. The van der Waals surface area contributed by atoms with Crippen molar-refractivity contribution in [2.75, 3.05) is 0 Å². The van der Waals surface area contributed by atoms with Gasteiger partial charge in [-0.15, -0.1) is 0 Å². The van der Waals surface area contributed by atoms with Crippen LogP contribution in [-0.2, 0) is 18.6 Å². The molecule has 0 unspecified atom stereocenters. The Morgan fingerprint density at radius 1 is 0.651 bits per heavy atom. The highest BCUT2D eigenvalue weighted by Gasteiger charge is 2.47. The molecule has 4 nitrogen and oxygen atoms in total. The van der Waals surface area contributed by atoms with E-state index < -0.39 is 14.1 Å². The zero-order valence-electron chi connectivity index (χ0n) is 30.7. The third-order valence-corrected chi connectivity index (χ3v) is 14.0. The van der Waals surface area contributed by atoms with Crippen LogP contribution < -0.4 is 0 Å². The molecule has 2 aliphatic rings. The molecule has 2 aliphatic heterocycles. The van der Waals surface area contributed by atoms with Crippen molar-refractivity contribution in [1.82, 2.24) is 0 Å². The highest BCUT2D eigenvalue weighted by Crippen LogP contribution is 2.40. The molecular formula is C38H68O4Si. The molecule has 0 radical (unpaired) electrons. The lowest BCUT2D eigenvalue weighted by Crippen LogP contribution is -2.40. The van der Waals surface area contributed by atoms with Crippen molar-refractivity contribution in [3.05, 3.63) is 46.8 Å². The molecule has 0 amide bonds. The molecule has 2 saturated heterocycles. The van der Waals surface area contributed by atoms with Crippen LogP contribution in [0.1, 0.15) is 147 Å². The van der Waals surface area contributed by atoms with Crippen LogP contribution in [0.25, 0.3) is 0 Å². The van der Waals surface area contributed by atoms with Gasteiger partial charge in [0, 0.05) is 6.42 Å². The first kappa shape index (κ1) is 38.0. The van der Waals surface area contributed by atoms with Gasteiger partial charge in [0.05, 0.1) is 29.2 Å². The third-order valence-electron chi connectivity index (χ3n) is 9.62. The summed E-state index contributed by atoms with van der Waals surface area (Å²) in [4.78, 5) is 0. The van der Waals surface area contributed by atoms with Gasteiger partial charge in [-0.3, -0.25) is 0 Å². The van der Waals surface area contributed by atoms with E-state index in [1.807, 2.05) is 13.8 Å². The second-order valence-electron chi connectivity index (χ2n) is 16.3. The minimum absolute atomic E-state index is 0.0890. The predicted octanol–water partition coefficient (Wildman–Crippen LogP) is 11.7. The van der Waals surface area contributed by atoms with E-state index in [1.165, 1.54) is 22.5 Å². The summed E-state index contributed by atoms with van der Waals surface area (Å²) in [5.41, 5.74) is 4.24. The van der Waals surface area contributed by atoms with Crippen LogP contribution in [0, 0.1) is 0 Å². The van der Waals surface area contributed by atoms with Gasteiger partial charge < -0.3 is 18.6 Å². The standard InChI is InChI=1S/C38H68O4Si/c1-29(20-17-21-30(2)26-28-34-37(9,10)42-38(11,12)40-34)19-15-16-23-32(41-43(13,14)35(4,5)6)24-18-22-31(3)25-27-33-36(7,8)39-33/h19,21-23,33-34H,15-18,20,24-28H2,1-14H3/b29-19+,30-21+,31-22+,32-23-/t33-,34+/m0/s1. The summed E-state index contributed by atoms with van der Waals surface area (Å²) in [6.45, 7) is 31.1. The fraction of sp³-hybridized carbons (Fsp3) is 0.789. The molecule has 0 N–H and O–H groups in total. The second kappa shape index (κ2) is 15.4. The van der Waals surface area contributed by atoms with Crippen molar-refractivity contribution in [3.63, 3.8) is 0 Å². The predicted molar refractivity (Wildman–Crippen MR) is 187 cm³/mol. The molecule has 2 heterocycles. The molecule has 0 bridgehead atoms. The number of hydrogen-bond donors (Lipinski definition) is 0. The first-order chi connectivity index (χ1) is 19.6. The van der Waals surface area contributed by atoms with Crippen LogP contribution in [-0.4, -0.2) is 37.5 Å². The van der Waals surface area contributed by atoms with Gasteiger partial charge in [-0.1, -0.05) is 55.7 Å². The first-order valence-electron chi connectivity index (χ1n) is 17.0. The average Bonchev–Trinajstić information content (AvgIpc) is 3.39. The Kier molecular flexibility index (Phi) is 13.7. The SMILES string of the molecule is C/C(=C\CC/C=C(/CC/C=C(\C)CC[C@@H]1OC1(C)C)O[Si](C)(C)C(C)(C)C)CC/C=C(\C)CC[C@H]1OC(C)(C)OC1(C)C. The Bertz CT molecular complexity index is 1020. The fourth-order valence-corrected chi connectivity index (χ4v) is 6.78. The smallest absolute Gasteiger partial charge is 0.250 e. The van der Waals surface area contributed by atoms with Gasteiger partial charge >= 0.3 is 0 Å². The Labute approximate surface area is 267 Å². The molecule has 0 saturated carbocycles. The molecule has 2 atom stereocenters. The van der Waals surface area contributed by atoms with Crippen LogP contribution in [0.5, 0.6) is 0 Å². The highest BCUT2D eigenvalue weighted by atomic mass is 28.4. The first-order valence-corrected chi connectivity index (χ1v) is 20.0. The number of hydrogen-bond acceptors (Lipinski definition) is 4. The normalized spacial score (nSPS) is 24.4. The van der Waals surface area contributed by atoms with Gasteiger partial charge in [0.1, 0.15) is 0 Å². The van der Waals surface area contributed by atoms with Crippen LogP contribution in [0.2, 0.25) is 18.1 Å². The lowest BCUT2D eigenvalue weighted by atomic mass is 9.95. The van der Waals surface area contributed by atoms with Gasteiger partial charge in [-0.05, 0) is 144 Å². The van der Waals surface area contributed by atoms with Crippen molar-refractivity contribution >= 4 is 8.32 Å². The summed E-state index contributed by atoms with van der Waals surface area (Å²) < 4.78 is 24.8. The number of allylic oxidation sites excluding steroid dienone is 8. The van der Waals surface area contributed by atoms with Crippen LogP contribution in [0.15, 0.2) is 46.8 Å².